The second kappa shape index (κ2) is 8.02. The lowest BCUT2D eigenvalue weighted by atomic mass is 10.0. The maximum absolute atomic E-state index is 14.4. The van der Waals surface area contributed by atoms with Crippen molar-refractivity contribution in [2.75, 3.05) is 29.2 Å². The highest BCUT2D eigenvalue weighted by Crippen LogP contribution is 2.35. The Balaban J connectivity index is 1.78. The van der Waals surface area contributed by atoms with Crippen LogP contribution < -0.4 is 15.1 Å². The summed E-state index contributed by atoms with van der Waals surface area (Å²) in [5.41, 5.74) is 1.91. The van der Waals surface area contributed by atoms with Crippen molar-refractivity contribution in [2.24, 2.45) is 0 Å². The minimum atomic E-state index is -0.995. The molecule has 7 heteroatoms. The molecule has 0 saturated carbocycles. The molecule has 0 fully saturated rings. The number of anilines is 3. The number of rotatable bonds is 5. The molecule has 2 amide bonds. The summed E-state index contributed by atoms with van der Waals surface area (Å²) in [6.45, 7) is 0. The Kier molecular flexibility index (Phi) is 5.25. The van der Waals surface area contributed by atoms with Crippen LogP contribution in [0.15, 0.2) is 78.5 Å². The molecule has 0 bridgehead atoms. The summed E-state index contributed by atoms with van der Waals surface area (Å²) in [5, 5.41) is 3.02. The quantitative estimate of drug-likeness (QED) is 0.622. The molecule has 31 heavy (non-hydrogen) atoms. The lowest BCUT2D eigenvalue weighted by Crippen LogP contribution is -2.33. The molecule has 156 valence electrons. The predicted octanol–water partition coefficient (Wildman–Crippen LogP) is 4.43. The first-order valence-electron chi connectivity index (χ1n) is 9.55. The molecular weight excluding hydrogens is 400 g/mol. The summed E-state index contributed by atoms with van der Waals surface area (Å²) in [6.07, 6.45) is 0. The highest BCUT2D eigenvalue weighted by molar-refractivity contribution is 6.46. The molecule has 0 atom stereocenters. The van der Waals surface area contributed by atoms with Crippen LogP contribution in [-0.4, -0.2) is 25.9 Å². The molecule has 0 saturated heterocycles. The topological polar surface area (TPSA) is 52.7 Å². The Hall–Kier alpha value is -4.00. The molecule has 5 nitrogen and oxygen atoms in total. The van der Waals surface area contributed by atoms with E-state index in [0.29, 0.717) is 17.3 Å². The van der Waals surface area contributed by atoms with Gasteiger partial charge in [0.2, 0.25) is 0 Å². The van der Waals surface area contributed by atoms with Crippen LogP contribution in [0, 0.1) is 11.6 Å². The van der Waals surface area contributed by atoms with Crippen molar-refractivity contribution >= 4 is 34.4 Å². The molecule has 3 aromatic rings. The van der Waals surface area contributed by atoms with Crippen LogP contribution in [0.25, 0.3) is 5.57 Å². The lowest BCUT2D eigenvalue weighted by Gasteiger charge is -2.16. The molecule has 1 N–H and O–H groups in total. The van der Waals surface area contributed by atoms with Gasteiger partial charge in [-0.1, -0.05) is 30.3 Å². The van der Waals surface area contributed by atoms with Crippen molar-refractivity contribution in [3.05, 3.63) is 95.7 Å². The standard InChI is InChI=1S/C24H19F2N3O2/c1-28(2)18-11-9-17(10-12-18)27-22-21(15-6-4-3-5-7-15)23(30)29(24(22)31)20-13-8-16(25)14-19(20)26/h3-14,27H,1-2H3. The predicted molar refractivity (Wildman–Crippen MR) is 117 cm³/mol. The SMILES string of the molecule is CN(C)c1ccc(NC2=C(c3ccccc3)C(=O)N(c3ccc(F)cc3F)C2=O)cc1. The van der Waals surface area contributed by atoms with Gasteiger partial charge in [-0.3, -0.25) is 9.59 Å². The molecule has 0 unspecified atom stereocenters. The second-order valence-corrected chi connectivity index (χ2v) is 7.22. The van der Waals surface area contributed by atoms with Crippen molar-refractivity contribution in [1.29, 1.82) is 0 Å². The Labute approximate surface area is 178 Å². The first kappa shape index (κ1) is 20.3. The maximum Gasteiger partial charge on any atom is 0.282 e. The van der Waals surface area contributed by atoms with Crippen molar-refractivity contribution in [3.63, 3.8) is 0 Å². The molecule has 0 aliphatic carbocycles. The molecule has 4 rings (SSSR count). The zero-order chi connectivity index (χ0) is 22.1. The zero-order valence-corrected chi connectivity index (χ0v) is 16.9. The van der Waals surface area contributed by atoms with Crippen molar-refractivity contribution in [3.8, 4) is 0 Å². The number of carbonyl (C=O) groups excluding carboxylic acids is 2. The fourth-order valence-electron chi connectivity index (χ4n) is 3.39. The van der Waals surface area contributed by atoms with E-state index < -0.39 is 23.4 Å². The smallest absolute Gasteiger partial charge is 0.282 e. The molecule has 1 aliphatic heterocycles. The van der Waals surface area contributed by atoms with E-state index in [1.807, 2.05) is 31.1 Å². The average Bonchev–Trinajstić information content (AvgIpc) is 2.99. The highest BCUT2D eigenvalue weighted by atomic mass is 19.1. The number of nitrogens with one attached hydrogen (secondary N) is 1. The van der Waals surface area contributed by atoms with Gasteiger partial charge < -0.3 is 10.2 Å². The summed E-state index contributed by atoms with van der Waals surface area (Å²) in [4.78, 5) is 29.1. The summed E-state index contributed by atoms with van der Waals surface area (Å²) >= 11 is 0. The van der Waals surface area contributed by atoms with E-state index in [1.54, 1.807) is 42.5 Å². The van der Waals surface area contributed by atoms with Crippen LogP contribution in [0.5, 0.6) is 0 Å². The third-order valence-electron chi connectivity index (χ3n) is 4.95. The fourth-order valence-corrected chi connectivity index (χ4v) is 3.39. The van der Waals surface area contributed by atoms with Crippen molar-refractivity contribution in [2.45, 2.75) is 0 Å². The molecule has 0 spiro atoms. The maximum atomic E-state index is 14.4. The summed E-state index contributed by atoms with van der Waals surface area (Å²) < 4.78 is 27.8. The molecule has 3 aromatic carbocycles. The summed E-state index contributed by atoms with van der Waals surface area (Å²) in [7, 11) is 3.82. The van der Waals surface area contributed by atoms with E-state index in [4.69, 9.17) is 0 Å². The van der Waals surface area contributed by atoms with Crippen LogP contribution in [0.2, 0.25) is 0 Å². The molecule has 0 aromatic heterocycles. The van der Waals surface area contributed by atoms with E-state index >= 15 is 0 Å². The largest absolute Gasteiger partial charge is 0.378 e. The van der Waals surface area contributed by atoms with E-state index in [-0.39, 0.29) is 17.0 Å². The minimum Gasteiger partial charge on any atom is -0.378 e. The monoisotopic (exact) mass is 419 g/mol. The average molecular weight is 419 g/mol. The van der Waals surface area contributed by atoms with Crippen LogP contribution in [0.3, 0.4) is 0 Å². The van der Waals surface area contributed by atoms with Crippen LogP contribution in [0.1, 0.15) is 5.56 Å². The van der Waals surface area contributed by atoms with Crippen LogP contribution >= 0.6 is 0 Å². The highest BCUT2D eigenvalue weighted by Gasteiger charge is 2.41. The third-order valence-corrected chi connectivity index (χ3v) is 4.95. The molecule has 1 aliphatic rings. The van der Waals surface area contributed by atoms with Gasteiger partial charge >= 0.3 is 0 Å². The third kappa shape index (κ3) is 3.77. The normalized spacial score (nSPS) is 13.7. The van der Waals surface area contributed by atoms with Gasteiger partial charge in [-0.05, 0) is 42.0 Å². The van der Waals surface area contributed by atoms with Crippen molar-refractivity contribution < 1.29 is 18.4 Å². The molecular formula is C24H19F2N3O2. The summed E-state index contributed by atoms with van der Waals surface area (Å²) in [5.74, 6) is -3.19. The van der Waals surface area contributed by atoms with E-state index in [2.05, 4.69) is 5.32 Å². The number of hydrogen-bond donors (Lipinski definition) is 1. The van der Waals surface area contributed by atoms with Gasteiger partial charge in [0, 0.05) is 31.5 Å². The second-order valence-electron chi connectivity index (χ2n) is 7.22. The van der Waals surface area contributed by atoms with Gasteiger partial charge in [0.25, 0.3) is 11.8 Å². The van der Waals surface area contributed by atoms with Crippen LogP contribution in [-0.2, 0) is 9.59 Å². The number of halogens is 2. The van der Waals surface area contributed by atoms with Gasteiger partial charge in [-0.25, -0.2) is 13.7 Å². The van der Waals surface area contributed by atoms with Gasteiger partial charge in [-0.15, -0.1) is 0 Å². The van der Waals surface area contributed by atoms with Gasteiger partial charge in [0.15, 0.2) is 0 Å². The Morgan fingerprint density at radius 3 is 2.13 bits per heavy atom. The number of carbonyl (C=O) groups is 2. The Morgan fingerprint density at radius 1 is 0.839 bits per heavy atom. The Bertz CT molecular complexity index is 1190. The van der Waals surface area contributed by atoms with E-state index in [0.717, 1.165) is 22.7 Å². The summed E-state index contributed by atoms with van der Waals surface area (Å²) in [6, 6.07) is 18.7. The number of hydrogen-bond acceptors (Lipinski definition) is 4. The number of nitrogens with zero attached hydrogens (tertiary/aromatic N) is 2. The van der Waals surface area contributed by atoms with Crippen molar-refractivity contribution in [1.82, 2.24) is 0 Å². The number of benzene rings is 3. The molecule has 0 radical (unpaired) electrons. The minimum absolute atomic E-state index is 0.0255. The Morgan fingerprint density at radius 2 is 1.52 bits per heavy atom. The first-order valence-corrected chi connectivity index (χ1v) is 9.55. The molecule has 1 heterocycles. The number of amides is 2. The van der Waals surface area contributed by atoms with Gasteiger partial charge in [0.05, 0.1) is 11.3 Å². The van der Waals surface area contributed by atoms with Gasteiger partial charge in [-0.2, -0.15) is 0 Å². The van der Waals surface area contributed by atoms with Gasteiger partial charge in [0.1, 0.15) is 17.3 Å². The van der Waals surface area contributed by atoms with E-state index in [9.17, 15) is 18.4 Å². The number of imide groups is 1. The lowest BCUT2D eigenvalue weighted by molar-refractivity contribution is -0.120. The van der Waals surface area contributed by atoms with E-state index in [1.165, 1.54) is 0 Å². The fraction of sp³-hybridized carbons (Fsp3) is 0.0833. The zero-order valence-electron chi connectivity index (χ0n) is 16.9. The first-order chi connectivity index (χ1) is 14.9. The van der Waals surface area contributed by atoms with Crippen LogP contribution in [0.4, 0.5) is 25.8 Å².